The SMILES string of the molecule is CCN(C)CCNC(=O)c1ccc(=O)[nH]c1. The molecule has 5 nitrogen and oxygen atoms in total. The van der Waals surface area contributed by atoms with Crippen LogP contribution in [0.2, 0.25) is 0 Å². The van der Waals surface area contributed by atoms with E-state index in [1.54, 1.807) is 0 Å². The Labute approximate surface area is 94.5 Å². The van der Waals surface area contributed by atoms with E-state index >= 15 is 0 Å². The zero-order valence-electron chi connectivity index (χ0n) is 9.62. The van der Waals surface area contributed by atoms with Gasteiger partial charge in [-0.25, -0.2) is 0 Å². The van der Waals surface area contributed by atoms with Gasteiger partial charge in [-0.2, -0.15) is 0 Å². The smallest absolute Gasteiger partial charge is 0.252 e. The number of carbonyl (C=O) groups is 1. The molecular formula is C11H17N3O2. The average molecular weight is 223 g/mol. The number of carbonyl (C=O) groups excluding carboxylic acids is 1. The molecule has 0 bridgehead atoms. The number of nitrogens with one attached hydrogen (secondary N) is 2. The van der Waals surface area contributed by atoms with Gasteiger partial charge in [0.25, 0.3) is 5.91 Å². The standard InChI is InChI=1S/C11H17N3O2/c1-3-14(2)7-6-12-11(16)9-4-5-10(15)13-8-9/h4-5,8H,3,6-7H2,1-2H3,(H,12,16)(H,13,15). The van der Waals surface area contributed by atoms with Crippen molar-refractivity contribution >= 4 is 5.91 Å². The number of amides is 1. The van der Waals surface area contributed by atoms with Crippen molar-refractivity contribution in [2.24, 2.45) is 0 Å². The van der Waals surface area contributed by atoms with E-state index in [0.717, 1.165) is 13.1 Å². The zero-order valence-corrected chi connectivity index (χ0v) is 9.62. The summed E-state index contributed by atoms with van der Waals surface area (Å²) in [4.78, 5) is 26.9. The number of likely N-dealkylation sites (N-methyl/N-ethyl adjacent to an activating group) is 1. The van der Waals surface area contributed by atoms with Crippen LogP contribution in [0.25, 0.3) is 0 Å². The number of H-pyrrole nitrogens is 1. The Bertz CT molecular complexity index is 380. The van der Waals surface area contributed by atoms with Crippen molar-refractivity contribution in [3.05, 3.63) is 34.2 Å². The molecule has 0 aliphatic rings. The maximum atomic E-state index is 11.6. The van der Waals surface area contributed by atoms with Crippen molar-refractivity contribution in [2.75, 3.05) is 26.7 Å². The molecule has 1 rings (SSSR count). The topological polar surface area (TPSA) is 65.2 Å². The van der Waals surface area contributed by atoms with E-state index in [-0.39, 0.29) is 11.5 Å². The van der Waals surface area contributed by atoms with Crippen LogP contribution in [0.4, 0.5) is 0 Å². The van der Waals surface area contributed by atoms with Gasteiger partial charge in [-0.3, -0.25) is 9.59 Å². The minimum atomic E-state index is -0.206. The lowest BCUT2D eigenvalue weighted by atomic mass is 10.2. The first-order valence-electron chi connectivity index (χ1n) is 5.29. The lowest BCUT2D eigenvalue weighted by Crippen LogP contribution is -2.33. The Morgan fingerprint density at radius 1 is 1.50 bits per heavy atom. The largest absolute Gasteiger partial charge is 0.351 e. The first kappa shape index (κ1) is 12.4. The number of hydrogen-bond donors (Lipinski definition) is 2. The second kappa shape index (κ2) is 6.07. The van der Waals surface area contributed by atoms with Crippen LogP contribution in [0, 0.1) is 0 Å². The van der Waals surface area contributed by atoms with Gasteiger partial charge in [0.15, 0.2) is 0 Å². The number of nitrogens with zero attached hydrogens (tertiary/aromatic N) is 1. The predicted octanol–water partition coefficient (Wildman–Crippen LogP) is 0.0564. The summed E-state index contributed by atoms with van der Waals surface area (Å²) in [7, 11) is 1.99. The first-order valence-corrected chi connectivity index (χ1v) is 5.29. The molecule has 0 unspecified atom stereocenters. The summed E-state index contributed by atoms with van der Waals surface area (Å²) in [6.07, 6.45) is 1.42. The van der Waals surface area contributed by atoms with E-state index in [0.29, 0.717) is 12.1 Å². The van der Waals surface area contributed by atoms with E-state index in [2.05, 4.69) is 22.1 Å². The van der Waals surface area contributed by atoms with E-state index in [1.807, 2.05) is 7.05 Å². The first-order chi connectivity index (χ1) is 7.63. The fourth-order valence-corrected chi connectivity index (χ4v) is 1.17. The highest BCUT2D eigenvalue weighted by atomic mass is 16.1. The van der Waals surface area contributed by atoms with Gasteiger partial charge in [-0.05, 0) is 19.7 Å². The van der Waals surface area contributed by atoms with Crippen LogP contribution in [-0.2, 0) is 0 Å². The molecule has 0 atom stereocenters. The molecule has 0 aliphatic heterocycles. The second-order valence-electron chi connectivity index (χ2n) is 3.59. The summed E-state index contributed by atoms with van der Waals surface area (Å²) in [6.45, 7) is 4.42. The van der Waals surface area contributed by atoms with E-state index in [1.165, 1.54) is 18.3 Å². The summed E-state index contributed by atoms with van der Waals surface area (Å²) in [5.41, 5.74) is 0.265. The molecule has 0 radical (unpaired) electrons. The molecule has 5 heteroatoms. The Kier molecular flexibility index (Phi) is 4.72. The number of aromatic amines is 1. The van der Waals surface area contributed by atoms with E-state index in [4.69, 9.17) is 0 Å². The summed E-state index contributed by atoms with van der Waals surface area (Å²) in [6, 6.07) is 2.85. The average Bonchev–Trinajstić information content (AvgIpc) is 2.29. The number of aromatic nitrogens is 1. The van der Waals surface area contributed by atoms with Crippen molar-refractivity contribution in [3.8, 4) is 0 Å². The van der Waals surface area contributed by atoms with Gasteiger partial charge in [-0.1, -0.05) is 6.92 Å². The maximum Gasteiger partial charge on any atom is 0.252 e. The van der Waals surface area contributed by atoms with Crippen LogP contribution in [0.3, 0.4) is 0 Å². The van der Waals surface area contributed by atoms with Gasteiger partial charge in [0, 0.05) is 25.4 Å². The highest BCUT2D eigenvalue weighted by molar-refractivity contribution is 5.93. The lowest BCUT2D eigenvalue weighted by Gasteiger charge is -2.13. The van der Waals surface area contributed by atoms with Crippen molar-refractivity contribution in [3.63, 3.8) is 0 Å². The molecule has 0 aromatic carbocycles. The molecule has 2 N–H and O–H groups in total. The van der Waals surface area contributed by atoms with Gasteiger partial charge in [0.1, 0.15) is 0 Å². The number of pyridine rings is 1. The predicted molar refractivity (Wildman–Crippen MR) is 62.6 cm³/mol. The molecule has 1 heterocycles. The maximum absolute atomic E-state index is 11.6. The van der Waals surface area contributed by atoms with Crippen LogP contribution >= 0.6 is 0 Å². The molecule has 16 heavy (non-hydrogen) atoms. The molecule has 0 aliphatic carbocycles. The van der Waals surface area contributed by atoms with Crippen molar-refractivity contribution in [2.45, 2.75) is 6.92 Å². The fourth-order valence-electron chi connectivity index (χ4n) is 1.17. The molecular weight excluding hydrogens is 206 g/mol. The van der Waals surface area contributed by atoms with Gasteiger partial charge >= 0.3 is 0 Å². The number of rotatable bonds is 5. The third-order valence-corrected chi connectivity index (χ3v) is 2.37. The van der Waals surface area contributed by atoms with Crippen LogP contribution in [-0.4, -0.2) is 42.5 Å². The van der Waals surface area contributed by atoms with Gasteiger partial charge in [0.05, 0.1) is 5.56 Å². The molecule has 88 valence electrons. The van der Waals surface area contributed by atoms with Crippen LogP contribution in [0.15, 0.2) is 23.1 Å². The summed E-state index contributed by atoms with van der Waals surface area (Å²) >= 11 is 0. The molecule has 0 spiro atoms. The summed E-state index contributed by atoms with van der Waals surface area (Å²) < 4.78 is 0. The molecule has 1 amide bonds. The Morgan fingerprint density at radius 2 is 2.25 bits per heavy atom. The molecule has 1 aromatic rings. The van der Waals surface area contributed by atoms with E-state index in [9.17, 15) is 9.59 Å². The summed E-state index contributed by atoms with van der Waals surface area (Å²) in [5, 5.41) is 2.78. The Balaban J connectivity index is 2.41. The molecule has 0 saturated carbocycles. The van der Waals surface area contributed by atoms with Crippen LogP contribution < -0.4 is 10.9 Å². The minimum absolute atomic E-state index is 0.166. The van der Waals surface area contributed by atoms with Gasteiger partial charge in [-0.15, -0.1) is 0 Å². The second-order valence-corrected chi connectivity index (χ2v) is 3.59. The van der Waals surface area contributed by atoms with Crippen molar-refractivity contribution in [1.82, 2.24) is 15.2 Å². The highest BCUT2D eigenvalue weighted by Gasteiger charge is 2.04. The van der Waals surface area contributed by atoms with Crippen molar-refractivity contribution in [1.29, 1.82) is 0 Å². The van der Waals surface area contributed by atoms with E-state index < -0.39 is 0 Å². The van der Waals surface area contributed by atoms with Crippen LogP contribution in [0.5, 0.6) is 0 Å². The Morgan fingerprint density at radius 3 is 2.81 bits per heavy atom. The van der Waals surface area contributed by atoms with Gasteiger partial charge < -0.3 is 15.2 Å². The third-order valence-electron chi connectivity index (χ3n) is 2.37. The normalized spacial score (nSPS) is 10.4. The molecule has 1 aromatic heterocycles. The van der Waals surface area contributed by atoms with Crippen molar-refractivity contribution < 1.29 is 4.79 Å². The minimum Gasteiger partial charge on any atom is -0.351 e. The lowest BCUT2D eigenvalue weighted by molar-refractivity contribution is 0.0949. The zero-order chi connectivity index (χ0) is 12.0. The fraction of sp³-hybridized carbons (Fsp3) is 0.455. The quantitative estimate of drug-likeness (QED) is 0.741. The highest BCUT2D eigenvalue weighted by Crippen LogP contribution is 1.92. The summed E-state index contributed by atoms with van der Waals surface area (Å²) in [5.74, 6) is -0.166. The number of hydrogen-bond acceptors (Lipinski definition) is 3. The Hall–Kier alpha value is -1.62. The molecule has 0 fully saturated rings. The van der Waals surface area contributed by atoms with Crippen LogP contribution in [0.1, 0.15) is 17.3 Å². The van der Waals surface area contributed by atoms with Gasteiger partial charge in [0.2, 0.25) is 5.56 Å². The molecule has 0 saturated heterocycles. The third kappa shape index (κ3) is 3.86. The monoisotopic (exact) mass is 223 g/mol.